The smallest absolute Gasteiger partial charge is 0.242 e. The number of fused-ring (bicyclic) bond motifs is 5. The van der Waals surface area contributed by atoms with Crippen LogP contribution in [0.1, 0.15) is 49.7 Å². The Hall–Kier alpha value is -1.64. The first-order valence-electron chi connectivity index (χ1n) is 12.4. The minimum Gasteiger partial charge on any atom is -0.544 e. The highest BCUT2D eigenvalue weighted by Gasteiger charge is 2.60. The second kappa shape index (κ2) is 8.54. The van der Waals surface area contributed by atoms with Crippen molar-refractivity contribution in [3.05, 3.63) is 41.5 Å². The normalized spacial score (nSPS) is 27.6. The lowest BCUT2D eigenvalue weighted by Gasteiger charge is -2.51. The summed E-state index contributed by atoms with van der Waals surface area (Å²) < 4.78 is 13.3. The molecule has 33 heavy (non-hydrogen) atoms. The molecule has 4 nitrogen and oxygen atoms in total. The van der Waals surface area contributed by atoms with E-state index in [0.29, 0.717) is 5.92 Å². The number of oxime groups is 1. The second-order valence-electron chi connectivity index (χ2n) is 12.1. The van der Waals surface area contributed by atoms with Crippen molar-refractivity contribution in [2.45, 2.75) is 89.8 Å². The van der Waals surface area contributed by atoms with E-state index < -0.39 is 16.6 Å². The molecule has 2 aromatic rings. The quantitative estimate of drug-likeness (QED) is 0.232. The van der Waals surface area contributed by atoms with E-state index in [0.717, 1.165) is 37.9 Å². The maximum atomic E-state index is 7.05. The summed E-state index contributed by atoms with van der Waals surface area (Å²) in [6.45, 7) is 16.1. The highest BCUT2D eigenvalue weighted by atomic mass is 28.4. The van der Waals surface area contributed by atoms with E-state index in [2.05, 4.69) is 81.7 Å². The largest absolute Gasteiger partial charge is 0.544 e. The molecule has 0 N–H and O–H groups in total. The minimum absolute atomic E-state index is 0.0919. The van der Waals surface area contributed by atoms with Crippen molar-refractivity contribution in [1.82, 2.24) is 0 Å². The van der Waals surface area contributed by atoms with Crippen LogP contribution in [-0.4, -0.2) is 35.6 Å². The average Bonchev–Trinajstić information content (AvgIpc) is 2.97. The Morgan fingerprint density at radius 1 is 1.03 bits per heavy atom. The number of hydrogen-bond donors (Lipinski definition) is 0. The van der Waals surface area contributed by atoms with E-state index in [1.807, 2.05) is 6.21 Å². The van der Waals surface area contributed by atoms with Gasteiger partial charge in [-0.1, -0.05) is 30.3 Å². The fraction of sp³-hybridized carbons (Fsp3) is 0.593. The van der Waals surface area contributed by atoms with Gasteiger partial charge in [-0.25, -0.2) is 0 Å². The van der Waals surface area contributed by atoms with Crippen LogP contribution in [0.2, 0.25) is 39.3 Å². The first kappa shape index (κ1) is 24.5. The molecule has 3 atom stereocenters. The van der Waals surface area contributed by atoms with E-state index in [1.54, 1.807) is 7.11 Å². The molecular weight excluding hydrogens is 442 g/mol. The fourth-order valence-electron chi connectivity index (χ4n) is 6.39. The zero-order valence-electron chi connectivity index (χ0n) is 21.7. The van der Waals surface area contributed by atoms with Crippen molar-refractivity contribution < 1.29 is 13.7 Å². The van der Waals surface area contributed by atoms with E-state index >= 15 is 0 Å². The summed E-state index contributed by atoms with van der Waals surface area (Å²) in [5, 5.41) is 6.78. The molecule has 0 unspecified atom stereocenters. The Kier molecular flexibility index (Phi) is 6.34. The topological polar surface area (TPSA) is 40.0 Å². The summed E-state index contributed by atoms with van der Waals surface area (Å²) in [6.07, 6.45) is 7.22. The molecule has 6 heteroatoms. The Bertz CT molecular complexity index is 1060. The SMILES string of the molecule is CO/N=C\C[C@]1(O[Si](C)(C)C)CC[C@H]2c3ccc4cc(O[Si](C)(C)C)ccc4c3CC[C@@]21C. The molecule has 2 aliphatic carbocycles. The summed E-state index contributed by atoms with van der Waals surface area (Å²) in [6, 6.07) is 11.4. The number of nitrogens with zero attached hydrogens (tertiary/aromatic N) is 1. The number of hydrogen-bond acceptors (Lipinski definition) is 4. The maximum Gasteiger partial charge on any atom is 0.242 e. The predicted octanol–water partition coefficient (Wildman–Crippen LogP) is 7.50. The highest BCUT2D eigenvalue weighted by Crippen LogP contribution is 2.63. The molecule has 0 spiro atoms. The van der Waals surface area contributed by atoms with Crippen LogP contribution < -0.4 is 4.43 Å². The van der Waals surface area contributed by atoms with Crippen LogP contribution in [-0.2, 0) is 15.7 Å². The van der Waals surface area contributed by atoms with E-state index in [4.69, 9.17) is 13.7 Å². The van der Waals surface area contributed by atoms with Gasteiger partial charge in [-0.2, -0.15) is 0 Å². The van der Waals surface area contributed by atoms with Crippen LogP contribution in [0.15, 0.2) is 35.5 Å². The standard InChI is InChI=1S/C27H41NO3Si2/c1-26-15-13-23-22-12-10-21(30-32(3,4)5)19-20(22)9-11-24(23)25(26)14-16-27(26,17-18-28-29-2)31-33(6,7)8/h9-12,18-19,25H,13-17H2,1-8H3/b28-18-/t25-,26-,27+/m0/s1. The van der Waals surface area contributed by atoms with Crippen molar-refractivity contribution in [3.8, 4) is 5.75 Å². The number of benzene rings is 2. The van der Waals surface area contributed by atoms with Crippen molar-refractivity contribution in [3.63, 3.8) is 0 Å². The molecule has 180 valence electrons. The van der Waals surface area contributed by atoms with Gasteiger partial charge < -0.3 is 13.7 Å². The fourth-order valence-corrected chi connectivity index (χ4v) is 8.81. The third-order valence-electron chi connectivity index (χ3n) is 7.58. The molecular formula is C27H41NO3Si2. The molecule has 0 radical (unpaired) electrons. The first-order chi connectivity index (χ1) is 15.4. The van der Waals surface area contributed by atoms with Crippen LogP contribution in [0, 0.1) is 5.41 Å². The van der Waals surface area contributed by atoms with E-state index in [-0.39, 0.29) is 11.0 Å². The molecule has 0 saturated heterocycles. The first-order valence-corrected chi connectivity index (χ1v) is 19.2. The van der Waals surface area contributed by atoms with Crippen molar-refractivity contribution in [2.75, 3.05) is 7.11 Å². The van der Waals surface area contributed by atoms with Gasteiger partial charge >= 0.3 is 0 Å². The van der Waals surface area contributed by atoms with E-state index in [1.165, 1.54) is 21.9 Å². The van der Waals surface area contributed by atoms with Crippen LogP contribution >= 0.6 is 0 Å². The van der Waals surface area contributed by atoms with Gasteiger partial charge in [0.1, 0.15) is 12.9 Å². The maximum absolute atomic E-state index is 7.05. The van der Waals surface area contributed by atoms with Gasteiger partial charge in [-0.15, -0.1) is 0 Å². The van der Waals surface area contributed by atoms with Gasteiger partial charge in [-0.3, -0.25) is 0 Å². The molecule has 2 aliphatic rings. The van der Waals surface area contributed by atoms with Gasteiger partial charge in [0.15, 0.2) is 8.32 Å². The van der Waals surface area contributed by atoms with Gasteiger partial charge in [-0.05, 0) is 105 Å². The second-order valence-corrected chi connectivity index (χ2v) is 21.0. The molecule has 1 saturated carbocycles. The van der Waals surface area contributed by atoms with Gasteiger partial charge in [0, 0.05) is 18.1 Å². The Balaban J connectivity index is 1.73. The molecule has 0 heterocycles. The molecule has 4 rings (SSSR count). The Morgan fingerprint density at radius 3 is 2.45 bits per heavy atom. The summed E-state index contributed by atoms with van der Waals surface area (Å²) >= 11 is 0. The molecule has 0 bridgehead atoms. The van der Waals surface area contributed by atoms with Crippen LogP contribution in [0.3, 0.4) is 0 Å². The van der Waals surface area contributed by atoms with Crippen molar-refractivity contribution >= 4 is 33.6 Å². The third-order valence-corrected chi connectivity index (χ3v) is 9.43. The molecule has 0 aliphatic heterocycles. The number of rotatable bonds is 7. The van der Waals surface area contributed by atoms with Crippen molar-refractivity contribution in [1.29, 1.82) is 0 Å². The van der Waals surface area contributed by atoms with Crippen LogP contribution in [0.25, 0.3) is 10.8 Å². The van der Waals surface area contributed by atoms with Crippen molar-refractivity contribution in [2.24, 2.45) is 10.6 Å². The summed E-state index contributed by atoms with van der Waals surface area (Å²) in [5.41, 5.74) is 2.98. The third kappa shape index (κ3) is 4.66. The lowest BCUT2D eigenvalue weighted by Crippen LogP contribution is -2.53. The summed E-state index contributed by atoms with van der Waals surface area (Å²) in [4.78, 5) is 5.01. The Labute approximate surface area is 202 Å². The predicted molar refractivity (Wildman–Crippen MR) is 144 cm³/mol. The average molecular weight is 484 g/mol. The van der Waals surface area contributed by atoms with Crippen LogP contribution in [0.4, 0.5) is 0 Å². The summed E-state index contributed by atoms with van der Waals surface area (Å²) in [7, 11) is -1.76. The van der Waals surface area contributed by atoms with Gasteiger partial charge in [0.2, 0.25) is 8.32 Å². The zero-order valence-corrected chi connectivity index (χ0v) is 23.7. The zero-order chi connectivity index (χ0) is 24.1. The lowest BCUT2D eigenvalue weighted by atomic mass is 9.60. The molecule has 1 fully saturated rings. The Morgan fingerprint density at radius 2 is 1.79 bits per heavy atom. The molecule has 0 aromatic heterocycles. The number of aryl methyl sites for hydroxylation is 1. The highest BCUT2D eigenvalue weighted by molar-refractivity contribution is 6.70. The van der Waals surface area contributed by atoms with Gasteiger partial charge in [0.05, 0.1) is 5.60 Å². The monoisotopic (exact) mass is 483 g/mol. The summed E-state index contributed by atoms with van der Waals surface area (Å²) in [5.74, 6) is 1.51. The van der Waals surface area contributed by atoms with E-state index in [9.17, 15) is 0 Å². The van der Waals surface area contributed by atoms with Gasteiger partial charge in [0.25, 0.3) is 0 Å². The molecule has 0 amide bonds. The molecule has 2 aromatic carbocycles. The minimum atomic E-state index is -1.75. The lowest BCUT2D eigenvalue weighted by molar-refractivity contribution is -0.0428. The van der Waals surface area contributed by atoms with Crippen LogP contribution in [0.5, 0.6) is 5.75 Å².